The molecule has 2 heteroatoms. The highest BCUT2D eigenvalue weighted by Gasteiger charge is 2.17. The minimum Gasteiger partial charge on any atom is -0.472 e. The van der Waals surface area contributed by atoms with Crippen LogP contribution in [0.25, 0.3) is 32.3 Å². The van der Waals surface area contributed by atoms with E-state index in [1.165, 1.54) is 32.3 Å². The van der Waals surface area contributed by atoms with Crippen molar-refractivity contribution in [1.82, 2.24) is 0 Å². The Morgan fingerprint density at radius 3 is 2.27 bits per heavy atom. The van der Waals surface area contributed by atoms with Crippen LogP contribution < -0.4 is 0 Å². The van der Waals surface area contributed by atoms with E-state index in [1.807, 2.05) is 6.08 Å². The van der Waals surface area contributed by atoms with E-state index in [0.717, 1.165) is 5.56 Å². The number of aliphatic imine (C=N–C) groups is 1. The molecule has 104 valence electrons. The molecule has 0 N–H and O–H groups in total. The van der Waals surface area contributed by atoms with Crippen molar-refractivity contribution in [3.63, 3.8) is 0 Å². The number of nitrogens with zero attached hydrogens (tertiary/aromatic N) is 1. The van der Waals surface area contributed by atoms with Gasteiger partial charge < -0.3 is 4.74 Å². The van der Waals surface area contributed by atoms with Gasteiger partial charge in [-0.25, -0.2) is 4.99 Å². The van der Waals surface area contributed by atoms with Crippen molar-refractivity contribution in [1.29, 1.82) is 0 Å². The summed E-state index contributed by atoms with van der Waals surface area (Å²) in [5, 5.41) is 7.68. The topological polar surface area (TPSA) is 21.6 Å². The molecule has 4 aromatic carbocycles. The van der Waals surface area contributed by atoms with Crippen molar-refractivity contribution in [2.45, 2.75) is 6.23 Å². The lowest BCUT2D eigenvalue weighted by atomic mass is 9.91. The summed E-state index contributed by atoms with van der Waals surface area (Å²) in [6.07, 6.45) is 5.06. The van der Waals surface area contributed by atoms with Crippen molar-refractivity contribution in [3.05, 3.63) is 72.5 Å². The van der Waals surface area contributed by atoms with Crippen LogP contribution in [0.3, 0.4) is 0 Å². The Bertz CT molecular complexity index is 1050. The monoisotopic (exact) mass is 283 g/mol. The van der Waals surface area contributed by atoms with E-state index in [9.17, 15) is 0 Å². The van der Waals surface area contributed by atoms with Gasteiger partial charge in [0.15, 0.2) is 0 Å². The van der Waals surface area contributed by atoms with Crippen LogP contribution in [-0.2, 0) is 4.74 Å². The van der Waals surface area contributed by atoms with E-state index in [2.05, 4.69) is 59.6 Å². The van der Waals surface area contributed by atoms with Crippen LogP contribution in [0.15, 0.2) is 71.9 Å². The molecule has 0 saturated carbocycles. The molecule has 0 bridgehead atoms. The first-order chi connectivity index (χ1) is 10.9. The average Bonchev–Trinajstić information content (AvgIpc) is 2.60. The molecule has 0 aliphatic carbocycles. The van der Waals surface area contributed by atoms with Crippen molar-refractivity contribution < 1.29 is 4.74 Å². The number of hydrogen-bond acceptors (Lipinski definition) is 2. The predicted molar refractivity (Wildman–Crippen MR) is 91.6 cm³/mol. The highest BCUT2D eigenvalue weighted by molar-refractivity contribution is 6.23. The van der Waals surface area contributed by atoms with E-state index < -0.39 is 0 Å². The Kier molecular flexibility index (Phi) is 2.30. The summed E-state index contributed by atoms with van der Waals surface area (Å²) >= 11 is 0. The summed E-state index contributed by atoms with van der Waals surface area (Å²) < 4.78 is 5.68. The quantitative estimate of drug-likeness (QED) is 0.440. The highest BCUT2D eigenvalue weighted by Crippen LogP contribution is 2.38. The molecular formula is C20H13NO. The molecule has 0 radical (unpaired) electrons. The van der Waals surface area contributed by atoms with E-state index in [0.29, 0.717) is 0 Å². The van der Waals surface area contributed by atoms with Gasteiger partial charge in [0.05, 0.1) is 6.26 Å². The van der Waals surface area contributed by atoms with Gasteiger partial charge in [-0.15, -0.1) is 0 Å². The van der Waals surface area contributed by atoms with Gasteiger partial charge in [-0.05, 0) is 38.4 Å². The molecule has 0 fully saturated rings. The maximum Gasteiger partial charge on any atom is 0.215 e. The second kappa shape index (κ2) is 4.31. The van der Waals surface area contributed by atoms with Gasteiger partial charge in [0, 0.05) is 11.8 Å². The van der Waals surface area contributed by atoms with Gasteiger partial charge in [0.1, 0.15) is 0 Å². The fraction of sp³-hybridized carbons (Fsp3) is 0.0500. The lowest BCUT2D eigenvalue weighted by Gasteiger charge is -2.19. The van der Waals surface area contributed by atoms with Crippen LogP contribution in [0.1, 0.15) is 11.8 Å². The molecule has 1 unspecified atom stereocenters. The van der Waals surface area contributed by atoms with Gasteiger partial charge in [-0.1, -0.05) is 54.6 Å². The Morgan fingerprint density at radius 2 is 1.50 bits per heavy atom. The Labute approximate surface area is 127 Å². The molecule has 0 saturated heterocycles. The molecule has 0 amide bonds. The zero-order valence-corrected chi connectivity index (χ0v) is 11.9. The number of ether oxygens (including phenoxy) is 1. The van der Waals surface area contributed by atoms with Gasteiger partial charge in [-0.3, -0.25) is 0 Å². The third-order valence-electron chi connectivity index (χ3n) is 4.42. The van der Waals surface area contributed by atoms with E-state index in [4.69, 9.17) is 4.74 Å². The number of rotatable bonds is 1. The zero-order valence-electron chi connectivity index (χ0n) is 11.9. The maximum atomic E-state index is 5.68. The normalized spacial score (nSPS) is 17.5. The largest absolute Gasteiger partial charge is 0.472 e. The summed E-state index contributed by atoms with van der Waals surface area (Å²) in [4.78, 5) is 4.45. The van der Waals surface area contributed by atoms with Crippen LogP contribution in [0.2, 0.25) is 0 Å². The molecule has 2 nitrogen and oxygen atoms in total. The molecule has 1 aliphatic heterocycles. The van der Waals surface area contributed by atoms with E-state index in [1.54, 1.807) is 12.5 Å². The molecule has 0 spiro atoms. The smallest absolute Gasteiger partial charge is 0.215 e. The van der Waals surface area contributed by atoms with Crippen LogP contribution in [0, 0.1) is 0 Å². The summed E-state index contributed by atoms with van der Waals surface area (Å²) in [6.45, 7) is 0. The molecule has 4 aromatic rings. The second-order valence-corrected chi connectivity index (χ2v) is 5.63. The third-order valence-corrected chi connectivity index (χ3v) is 4.42. The first-order valence-corrected chi connectivity index (χ1v) is 7.42. The Morgan fingerprint density at radius 1 is 0.773 bits per heavy atom. The highest BCUT2D eigenvalue weighted by atomic mass is 16.5. The lowest BCUT2D eigenvalue weighted by molar-refractivity contribution is 0.154. The van der Waals surface area contributed by atoms with Crippen LogP contribution in [-0.4, -0.2) is 6.21 Å². The van der Waals surface area contributed by atoms with Gasteiger partial charge >= 0.3 is 0 Å². The molecule has 1 aliphatic rings. The number of hydrogen-bond donors (Lipinski definition) is 0. The lowest BCUT2D eigenvalue weighted by Crippen LogP contribution is -2.02. The first kappa shape index (κ1) is 11.8. The van der Waals surface area contributed by atoms with Crippen molar-refractivity contribution in [2.24, 2.45) is 4.99 Å². The molecule has 1 heterocycles. The standard InChI is InChI=1S/C20H13NO/c1-3-13-5-6-15-8-10-17(20-21-11-2-12-22-20)16-9-7-14(4-1)18(13)19(15)16/h1-12,20H. The Hall–Kier alpha value is -2.87. The number of benzene rings is 4. The maximum absolute atomic E-state index is 5.68. The van der Waals surface area contributed by atoms with E-state index in [-0.39, 0.29) is 6.23 Å². The summed E-state index contributed by atoms with van der Waals surface area (Å²) in [6, 6.07) is 19.5. The minimum absolute atomic E-state index is 0.255. The molecule has 1 atom stereocenters. The summed E-state index contributed by atoms with van der Waals surface area (Å²) in [5.74, 6) is 0. The number of allylic oxidation sites excluding steroid dienone is 1. The van der Waals surface area contributed by atoms with Crippen LogP contribution in [0.5, 0.6) is 0 Å². The zero-order chi connectivity index (χ0) is 14.5. The van der Waals surface area contributed by atoms with Crippen LogP contribution >= 0.6 is 0 Å². The van der Waals surface area contributed by atoms with Gasteiger partial charge in [0.2, 0.25) is 6.23 Å². The molecule has 5 rings (SSSR count). The van der Waals surface area contributed by atoms with Crippen molar-refractivity contribution >= 4 is 38.5 Å². The van der Waals surface area contributed by atoms with Gasteiger partial charge in [0.25, 0.3) is 0 Å². The SMILES string of the molecule is C1=COC(c2ccc3ccc4cccc5ccc2c3c45)N=C1. The fourth-order valence-electron chi connectivity index (χ4n) is 3.44. The van der Waals surface area contributed by atoms with Crippen molar-refractivity contribution in [3.8, 4) is 0 Å². The average molecular weight is 283 g/mol. The predicted octanol–water partition coefficient (Wildman–Crippen LogP) is 5.20. The van der Waals surface area contributed by atoms with Gasteiger partial charge in [-0.2, -0.15) is 0 Å². The summed E-state index contributed by atoms with van der Waals surface area (Å²) in [7, 11) is 0. The molecular weight excluding hydrogens is 270 g/mol. The second-order valence-electron chi connectivity index (χ2n) is 5.63. The third kappa shape index (κ3) is 1.52. The van der Waals surface area contributed by atoms with E-state index >= 15 is 0 Å². The molecule has 22 heavy (non-hydrogen) atoms. The fourth-order valence-corrected chi connectivity index (χ4v) is 3.44. The van der Waals surface area contributed by atoms with Crippen molar-refractivity contribution in [2.75, 3.05) is 0 Å². The summed E-state index contributed by atoms with van der Waals surface area (Å²) in [5.41, 5.74) is 1.12. The van der Waals surface area contributed by atoms with Crippen LogP contribution in [0.4, 0.5) is 0 Å². The first-order valence-electron chi connectivity index (χ1n) is 7.42. The minimum atomic E-state index is -0.255. The molecule has 0 aromatic heterocycles. The Balaban J connectivity index is 1.93.